The first-order valence-corrected chi connectivity index (χ1v) is 4.69. The zero-order valence-electron chi connectivity index (χ0n) is 6.87. The van der Waals surface area contributed by atoms with Crippen LogP contribution in [0.5, 0.6) is 0 Å². The third-order valence-electron chi connectivity index (χ3n) is 3.12. The highest BCUT2D eigenvalue weighted by Gasteiger charge is 2.30. The molecule has 0 radical (unpaired) electrons. The van der Waals surface area contributed by atoms with E-state index < -0.39 is 0 Å². The number of hydrogen-bond acceptors (Lipinski definition) is 1. The van der Waals surface area contributed by atoms with Crippen LogP contribution in [0.15, 0.2) is 12.2 Å². The van der Waals surface area contributed by atoms with E-state index >= 15 is 0 Å². The maximum absolute atomic E-state index is 9.35. The third-order valence-corrected chi connectivity index (χ3v) is 3.12. The van der Waals surface area contributed by atoms with Crippen molar-refractivity contribution in [3.05, 3.63) is 12.2 Å². The summed E-state index contributed by atoms with van der Waals surface area (Å²) in [6, 6.07) is 0. The SMILES string of the molecule is OC1CCC1CC1CC=CC1. The van der Waals surface area contributed by atoms with Crippen LogP contribution in [0.4, 0.5) is 0 Å². The quantitative estimate of drug-likeness (QED) is 0.601. The van der Waals surface area contributed by atoms with E-state index in [1.807, 2.05) is 0 Å². The Morgan fingerprint density at radius 3 is 2.36 bits per heavy atom. The van der Waals surface area contributed by atoms with E-state index in [4.69, 9.17) is 0 Å². The smallest absolute Gasteiger partial charge is 0.0568 e. The van der Waals surface area contributed by atoms with Crippen LogP contribution in [0, 0.1) is 11.8 Å². The Labute approximate surface area is 68.1 Å². The van der Waals surface area contributed by atoms with Gasteiger partial charge < -0.3 is 5.11 Å². The molecule has 1 saturated carbocycles. The second-order valence-corrected chi connectivity index (χ2v) is 3.95. The summed E-state index contributed by atoms with van der Waals surface area (Å²) < 4.78 is 0. The van der Waals surface area contributed by atoms with Gasteiger partial charge in [0.15, 0.2) is 0 Å². The second-order valence-electron chi connectivity index (χ2n) is 3.95. The van der Waals surface area contributed by atoms with Crippen molar-refractivity contribution in [3.8, 4) is 0 Å². The summed E-state index contributed by atoms with van der Waals surface area (Å²) in [5.74, 6) is 1.50. The van der Waals surface area contributed by atoms with E-state index in [2.05, 4.69) is 12.2 Å². The van der Waals surface area contributed by atoms with Gasteiger partial charge in [-0.1, -0.05) is 12.2 Å². The Morgan fingerprint density at radius 2 is 1.91 bits per heavy atom. The highest BCUT2D eigenvalue weighted by atomic mass is 16.3. The lowest BCUT2D eigenvalue weighted by atomic mass is 9.76. The van der Waals surface area contributed by atoms with E-state index in [0.717, 1.165) is 12.3 Å². The lowest BCUT2D eigenvalue weighted by molar-refractivity contribution is 0.0114. The molecule has 1 N–H and O–H groups in total. The first kappa shape index (κ1) is 7.35. The molecule has 62 valence electrons. The standard InChI is InChI=1S/C10H16O/c11-10-6-5-9(10)7-8-3-1-2-4-8/h1-2,8-11H,3-7H2. The highest BCUT2D eigenvalue weighted by molar-refractivity contribution is 4.96. The number of aliphatic hydroxyl groups excluding tert-OH is 1. The summed E-state index contributed by atoms with van der Waals surface area (Å²) >= 11 is 0. The molecule has 0 bridgehead atoms. The van der Waals surface area contributed by atoms with Gasteiger partial charge in [0.05, 0.1) is 6.10 Å². The topological polar surface area (TPSA) is 20.2 Å². The fourth-order valence-electron chi connectivity index (χ4n) is 2.12. The van der Waals surface area contributed by atoms with Gasteiger partial charge in [-0.05, 0) is 43.9 Å². The minimum atomic E-state index is 0.0376. The van der Waals surface area contributed by atoms with Crippen LogP contribution in [-0.2, 0) is 0 Å². The molecule has 0 aromatic heterocycles. The van der Waals surface area contributed by atoms with Gasteiger partial charge in [-0.15, -0.1) is 0 Å². The van der Waals surface area contributed by atoms with Crippen LogP contribution in [0.1, 0.15) is 32.1 Å². The van der Waals surface area contributed by atoms with Gasteiger partial charge in [-0.2, -0.15) is 0 Å². The summed E-state index contributed by atoms with van der Waals surface area (Å²) in [4.78, 5) is 0. The Balaban J connectivity index is 1.73. The highest BCUT2D eigenvalue weighted by Crippen LogP contribution is 2.36. The summed E-state index contributed by atoms with van der Waals surface area (Å²) in [5, 5.41) is 9.35. The van der Waals surface area contributed by atoms with Crippen molar-refractivity contribution in [3.63, 3.8) is 0 Å². The molecule has 2 atom stereocenters. The van der Waals surface area contributed by atoms with Crippen molar-refractivity contribution < 1.29 is 5.11 Å². The Bertz CT molecular complexity index is 154. The maximum atomic E-state index is 9.35. The van der Waals surface area contributed by atoms with E-state index in [1.54, 1.807) is 0 Å². The summed E-state index contributed by atoms with van der Waals surface area (Å²) in [6.45, 7) is 0. The molecule has 1 fully saturated rings. The van der Waals surface area contributed by atoms with Gasteiger partial charge >= 0.3 is 0 Å². The van der Waals surface area contributed by atoms with Gasteiger partial charge in [0.25, 0.3) is 0 Å². The minimum Gasteiger partial charge on any atom is -0.393 e. The zero-order chi connectivity index (χ0) is 7.68. The molecule has 0 spiro atoms. The van der Waals surface area contributed by atoms with Gasteiger partial charge in [0.2, 0.25) is 0 Å². The van der Waals surface area contributed by atoms with Crippen LogP contribution in [0.25, 0.3) is 0 Å². The molecule has 0 heterocycles. The largest absolute Gasteiger partial charge is 0.393 e. The fraction of sp³-hybridized carbons (Fsp3) is 0.800. The molecule has 1 nitrogen and oxygen atoms in total. The van der Waals surface area contributed by atoms with Crippen LogP contribution < -0.4 is 0 Å². The molecule has 2 aliphatic rings. The van der Waals surface area contributed by atoms with Crippen LogP contribution in [0.2, 0.25) is 0 Å². The van der Waals surface area contributed by atoms with Crippen LogP contribution in [-0.4, -0.2) is 11.2 Å². The third kappa shape index (κ3) is 1.48. The molecule has 2 unspecified atom stereocenters. The van der Waals surface area contributed by atoms with Crippen molar-refractivity contribution in [1.82, 2.24) is 0 Å². The average Bonchev–Trinajstić information content (AvgIpc) is 2.49. The molecule has 11 heavy (non-hydrogen) atoms. The van der Waals surface area contributed by atoms with Gasteiger partial charge in [0, 0.05) is 0 Å². The fourth-order valence-corrected chi connectivity index (χ4v) is 2.12. The zero-order valence-corrected chi connectivity index (χ0v) is 6.87. The molecule has 0 aromatic carbocycles. The van der Waals surface area contributed by atoms with Crippen molar-refractivity contribution in [2.45, 2.75) is 38.2 Å². The summed E-state index contributed by atoms with van der Waals surface area (Å²) in [6.07, 6.45) is 10.7. The molecule has 0 saturated heterocycles. The Morgan fingerprint density at radius 1 is 1.18 bits per heavy atom. The molecular weight excluding hydrogens is 136 g/mol. The number of rotatable bonds is 2. The molecule has 2 aliphatic carbocycles. The van der Waals surface area contributed by atoms with E-state index in [0.29, 0.717) is 5.92 Å². The van der Waals surface area contributed by atoms with Crippen LogP contribution in [0.3, 0.4) is 0 Å². The van der Waals surface area contributed by atoms with Crippen molar-refractivity contribution >= 4 is 0 Å². The monoisotopic (exact) mass is 152 g/mol. The van der Waals surface area contributed by atoms with Gasteiger partial charge in [-0.3, -0.25) is 0 Å². The maximum Gasteiger partial charge on any atom is 0.0568 e. The van der Waals surface area contributed by atoms with Crippen LogP contribution >= 0.6 is 0 Å². The first-order valence-electron chi connectivity index (χ1n) is 4.69. The van der Waals surface area contributed by atoms with Crippen molar-refractivity contribution in [2.24, 2.45) is 11.8 Å². The predicted molar refractivity (Wildman–Crippen MR) is 45.2 cm³/mol. The Hall–Kier alpha value is -0.300. The summed E-state index contributed by atoms with van der Waals surface area (Å²) in [7, 11) is 0. The molecule has 1 heteroatoms. The minimum absolute atomic E-state index is 0.0376. The molecule has 0 aliphatic heterocycles. The lowest BCUT2D eigenvalue weighted by Crippen LogP contribution is -2.32. The number of aliphatic hydroxyl groups is 1. The average molecular weight is 152 g/mol. The van der Waals surface area contributed by atoms with E-state index in [-0.39, 0.29) is 6.10 Å². The first-order chi connectivity index (χ1) is 5.36. The molecule has 2 rings (SSSR count). The van der Waals surface area contributed by atoms with E-state index in [1.165, 1.54) is 25.7 Å². The molecule has 0 amide bonds. The number of hydrogen-bond donors (Lipinski definition) is 1. The van der Waals surface area contributed by atoms with Crippen molar-refractivity contribution in [2.75, 3.05) is 0 Å². The van der Waals surface area contributed by atoms with Gasteiger partial charge in [-0.25, -0.2) is 0 Å². The normalized spacial score (nSPS) is 37.5. The lowest BCUT2D eigenvalue weighted by Gasteiger charge is -2.34. The Kier molecular flexibility index (Phi) is 1.99. The molecule has 0 aromatic rings. The predicted octanol–water partition coefficient (Wildman–Crippen LogP) is 2.11. The molecular formula is C10H16O. The summed E-state index contributed by atoms with van der Waals surface area (Å²) in [5.41, 5.74) is 0. The number of allylic oxidation sites excluding steroid dienone is 2. The van der Waals surface area contributed by atoms with E-state index in [9.17, 15) is 5.11 Å². The van der Waals surface area contributed by atoms with Crippen molar-refractivity contribution in [1.29, 1.82) is 0 Å². The van der Waals surface area contributed by atoms with Gasteiger partial charge in [0.1, 0.15) is 0 Å². The second kappa shape index (κ2) is 2.98.